The lowest BCUT2D eigenvalue weighted by Gasteiger charge is -2.52. The van der Waals surface area contributed by atoms with Gasteiger partial charge in [0.25, 0.3) is 0 Å². The summed E-state index contributed by atoms with van der Waals surface area (Å²) < 4.78 is 27.8. The summed E-state index contributed by atoms with van der Waals surface area (Å²) >= 11 is 12.8. The molecule has 2 aliphatic rings. The van der Waals surface area contributed by atoms with Crippen LogP contribution in [0.3, 0.4) is 0 Å². The van der Waals surface area contributed by atoms with Crippen molar-refractivity contribution in [2.24, 2.45) is 11.3 Å². The Morgan fingerprint density at radius 2 is 1.68 bits per heavy atom. The smallest absolute Gasteiger partial charge is 0.232 e. The van der Waals surface area contributed by atoms with E-state index in [9.17, 15) is 13.2 Å². The molecule has 216 valence electrons. The van der Waals surface area contributed by atoms with Crippen molar-refractivity contribution in [2.45, 2.75) is 50.6 Å². The molecule has 41 heavy (non-hydrogen) atoms. The van der Waals surface area contributed by atoms with E-state index in [1.165, 1.54) is 10.6 Å². The first-order valence-electron chi connectivity index (χ1n) is 14.0. The highest BCUT2D eigenvalue weighted by molar-refractivity contribution is 7.92. The molecule has 1 amide bonds. The number of carbonyl (C=O) groups excluding carboxylic acids is 1. The molecule has 0 aromatic heterocycles. The summed E-state index contributed by atoms with van der Waals surface area (Å²) in [5, 5.41) is 1.25. The zero-order valence-corrected chi connectivity index (χ0v) is 25.7. The van der Waals surface area contributed by atoms with Crippen molar-refractivity contribution < 1.29 is 13.2 Å². The van der Waals surface area contributed by atoms with E-state index >= 15 is 0 Å². The highest BCUT2D eigenvalue weighted by Gasteiger charge is 2.54. The number of hydrogen-bond acceptors (Lipinski definition) is 3. The molecule has 5 rings (SSSR count). The number of nitrogens with zero attached hydrogens (tertiary/aromatic N) is 2. The number of benzene rings is 3. The third-order valence-electron chi connectivity index (χ3n) is 8.51. The van der Waals surface area contributed by atoms with Crippen LogP contribution in [0.25, 0.3) is 0 Å². The fourth-order valence-corrected chi connectivity index (χ4v) is 7.65. The van der Waals surface area contributed by atoms with E-state index in [0.29, 0.717) is 28.6 Å². The van der Waals surface area contributed by atoms with Gasteiger partial charge in [0, 0.05) is 16.0 Å². The van der Waals surface area contributed by atoms with Gasteiger partial charge in [0.15, 0.2) is 0 Å². The van der Waals surface area contributed by atoms with E-state index in [-0.39, 0.29) is 36.4 Å². The van der Waals surface area contributed by atoms with Crippen molar-refractivity contribution in [3.63, 3.8) is 0 Å². The first-order chi connectivity index (χ1) is 19.5. The number of anilines is 1. The quantitative estimate of drug-likeness (QED) is 0.219. The van der Waals surface area contributed by atoms with Gasteiger partial charge in [0.2, 0.25) is 15.9 Å². The Labute approximate surface area is 253 Å². The molecule has 1 aliphatic carbocycles. The molecule has 1 heterocycles. The van der Waals surface area contributed by atoms with Crippen LogP contribution in [-0.4, -0.2) is 38.1 Å². The highest BCUT2D eigenvalue weighted by Crippen LogP contribution is 2.54. The number of hydrogen-bond donors (Lipinski definition) is 0. The summed E-state index contributed by atoms with van der Waals surface area (Å²) in [4.78, 5) is 16.7. The topological polar surface area (TPSA) is 57.7 Å². The third kappa shape index (κ3) is 6.35. The monoisotopic (exact) mass is 610 g/mol. The number of allylic oxidation sites excluding steroid dienone is 1. The Hall–Kier alpha value is -2.80. The van der Waals surface area contributed by atoms with Gasteiger partial charge in [-0.3, -0.25) is 9.10 Å². The van der Waals surface area contributed by atoms with Gasteiger partial charge >= 0.3 is 0 Å². The molecular formula is C33H36Cl2N2O3S. The van der Waals surface area contributed by atoms with Crippen LogP contribution in [0.4, 0.5) is 5.69 Å². The third-order valence-corrected chi connectivity index (χ3v) is 10.2. The molecular weight excluding hydrogens is 575 g/mol. The van der Waals surface area contributed by atoms with E-state index in [2.05, 4.69) is 12.6 Å². The Morgan fingerprint density at radius 1 is 1.00 bits per heavy atom. The lowest BCUT2D eigenvalue weighted by atomic mass is 9.67. The number of carbonyl (C=O) groups is 1. The van der Waals surface area contributed by atoms with Gasteiger partial charge in [0.1, 0.15) is 0 Å². The molecule has 1 aliphatic heterocycles. The van der Waals surface area contributed by atoms with Crippen LogP contribution >= 0.6 is 23.2 Å². The van der Waals surface area contributed by atoms with Crippen molar-refractivity contribution in [3.8, 4) is 0 Å². The second-order valence-electron chi connectivity index (χ2n) is 11.7. The van der Waals surface area contributed by atoms with E-state index in [4.69, 9.17) is 23.2 Å². The number of amides is 1. The van der Waals surface area contributed by atoms with E-state index in [1.54, 1.807) is 12.1 Å². The van der Waals surface area contributed by atoms with Gasteiger partial charge < -0.3 is 4.90 Å². The van der Waals surface area contributed by atoms with Crippen molar-refractivity contribution >= 4 is 44.8 Å². The number of rotatable bonds is 10. The second kappa shape index (κ2) is 11.8. The zero-order valence-electron chi connectivity index (χ0n) is 23.4. The number of piperidine rings is 1. The van der Waals surface area contributed by atoms with Gasteiger partial charge in [-0.2, -0.15) is 0 Å². The molecule has 8 heteroatoms. The second-order valence-corrected chi connectivity index (χ2v) is 14.4. The molecule has 0 bridgehead atoms. The van der Waals surface area contributed by atoms with Crippen LogP contribution in [-0.2, 0) is 14.8 Å². The van der Waals surface area contributed by atoms with Crippen LogP contribution in [0.5, 0.6) is 0 Å². The Morgan fingerprint density at radius 3 is 2.27 bits per heavy atom. The highest BCUT2D eigenvalue weighted by atomic mass is 35.5. The van der Waals surface area contributed by atoms with Gasteiger partial charge in [-0.1, -0.05) is 78.7 Å². The maximum Gasteiger partial charge on any atom is 0.232 e. The van der Waals surface area contributed by atoms with E-state index in [1.807, 2.05) is 78.6 Å². The maximum atomic E-state index is 14.7. The van der Waals surface area contributed by atoms with Crippen molar-refractivity contribution in [1.82, 2.24) is 4.90 Å². The van der Waals surface area contributed by atoms with Gasteiger partial charge in [-0.05, 0) is 79.1 Å². The average molecular weight is 612 g/mol. The first kappa shape index (κ1) is 29.7. The number of halogens is 2. The molecule has 3 aromatic carbocycles. The number of sulfonamides is 1. The first-order valence-corrected chi connectivity index (χ1v) is 16.6. The zero-order chi connectivity index (χ0) is 29.4. The summed E-state index contributed by atoms with van der Waals surface area (Å²) in [7, 11) is -3.63. The maximum absolute atomic E-state index is 14.7. The molecule has 5 nitrogen and oxygen atoms in total. The molecule has 1 saturated heterocycles. The summed E-state index contributed by atoms with van der Waals surface area (Å²) in [6, 6.07) is 24.0. The van der Waals surface area contributed by atoms with Crippen LogP contribution in [0.1, 0.15) is 55.7 Å². The molecule has 4 unspecified atom stereocenters. The molecule has 0 radical (unpaired) electrons. The molecule has 0 N–H and O–H groups in total. The summed E-state index contributed by atoms with van der Waals surface area (Å²) in [6.07, 6.45) is 6.04. The van der Waals surface area contributed by atoms with E-state index < -0.39 is 15.4 Å². The van der Waals surface area contributed by atoms with Crippen LogP contribution < -0.4 is 4.31 Å². The Bertz CT molecular complexity index is 1510. The van der Waals surface area contributed by atoms with Crippen molar-refractivity contribution in [3.05, 3.63) is 113 Å². The summed E-state index contributed by atoms with van der Waals surface area (Å²) in [5.41, 5.74) is 1.88. The minimum absolute atomic E-state index is 0.0223. The summed E-state index contributed by atoms with van der Waals surface area (Å²) in [6.45, 7) is 6.16. The van der Waals surface area contributed by atoms with Crippen LogP contribution in [0.15, 0.2) is 91.5 Å². The number of para-hydroxylation sites is 1. The molecule has 2 fully saturated rings. The van der Waals surface area contributed by atoms with Crippen LogP contribution in [0, 0.1) is 11.3 Å². The SMILES string of the molecule is C=CCC1(C)CC(c2cccc(Cl)c2)C(c2ccc(Cl)cc2)N(C(CN(c2ccccc2)S(C)(=O)=O)C2CC2)C1=O. The fraction of sp³-hybridized carbons (Fsp3) is 0.364. The molecule has 1 saturated carbocycles. The van der Waals surface area contributed by atoms with E-state index in [0.717, 1.165) is 24.0 Å². The fourth-order valence-electron chi connectivity index (χ4n) is 6.39. The minimum atomic E-state index is -3.63. The minimum Gasteiger partial charge on any atom is -0.329 e. The van der Waals surface area contributed by atoms with Crippen LogP contribution in [0.2, 0.25) is 10.0 Å². The molecule has 3 aromatic rings. The largest absolute Gasteiger partial charge is 0.329 e. The molecule has 4 atom stereocenters. The average Bonchev–Trinajstić information content (AvgIpc) is 3.77. The van der Waals surface area contributed by atoms with Gasteiger partial charge in [0.05, 0.1) is 36.0 Å². The predicted molar refractivity (Wildman–Crippen MR) is 168 cm³/mol. The summed E-state index contributed by atoms with van der Waals surface area (Å²) in [5.74, 6) is 0.129. The lowest BCUT2D eigenvalue weighted by Crippen LogP contribution is -2.59. The Balaban J connectivity index is 1.69. The molecule has 0 spiro atoms. The standard InChI is InChI=1S/C33H36Cl2N2O3S/c1-4-19-33(2)21-29(25-9-8-10-27(35)20-25)31(24-15-17-26(34)18-16-24)37(32(33)38)30(23-13-14-23)22-36(41(3,39)40)28-11-6-5-7-12-28/h4-12,15-18,20,23,29-31H,1,13-14,19,21-22H2,2-3H3. The Kier molecular flexibility index (Phi) is 8.56. The van der Waals surface area contributed by atoms with Crippen molar-refractivity contribution in [1.29, 1.82) is 0 Å². The predicted octanol–water partition coefficient (Wildman–Crippen LogP) is 7.88. The normalized spacial score (nSPS) is 23.7. The van der Waals surface area contributed by atoms with Crippen molar-refractivity contribution in [2.75, 3.05) is 17.1 Å². The number of likely N-dealkylation sites (tertiary alicyclic amines) is 1. The van der Waals surface area contributed by atoms with Gasteiger partial charge in [-0.25, -0.2) is 8.42 Å². The lowest BCUT2D eigenvalue weighted by molar-refractivity contribution is -0.154. The van der Waals surface area contributed by atoms with Gasteiger partial charge in [-0.15, -0.1) is 6.58 Å².